The second-order valence-corrected chi connectivity index (χ2v) is 9.67. The van der Waals surface area contributed by atoms with Gasteiger partial charge in [0.2, 0.25) is 5.91 Å². The summed E-state index contributed by atoms with van der Waals surface area (Å²) in [5.74, 6) is 0.597. The summed E-state index contributed by atoms with van der Waals surface area (Å²) in [4.78, 5) is 27.8. The number of nitrogens with zero attached hydrogens (tertiary/aromatic N) is 1. The second-order valence-electron chi connectivity index (χ2n) is 9.67. The number of phenolic OH excluding ortho intramolecular Hbond substituents is 1. The summed E-state index contributed by atoms with van der Waals surface area (Å²) in [6, 6.07) is 1.86. The summed E-state index contributed by atoms with van der Waals surface area (Å²) >= 11 is 0. The van der Waals surface area contributed by atoms with E-state index in [2.05, 4.69) is 30.3 Å². The number of aromatic hydroxyl groups is 1. The first kappa shape index (κ1) is 20.6. The summed E-state index contributed by atoms with van der Waals surface area (Å²) in [5.41, 5.74) is 2.23. The lowest BCUT2D eigenvalue weighted by Crippen LogP contribution is -2.64. The number of amides is 1. The number of carbonyl (C=O) groups is 2. The molecule has 166 valence electrons. The Morgan fingerprint density at radius 1 is 1.32 bits per heavy atom. The van der Waals surface area contributed by atoms with E-state index in [1.807, 2.05) is 0 Å². The number of benzene rings is 1. The molecule has 6 nitrogen and oxygen atoms in total. The molecule has 31 heavy (non-hydrogen) atoms. The normalized spacial score (nSPS) is 30.1. The van der Waals surface area contributed by atoms with E-state index in [0.29, 0.717) is 17.9 Å². The molecule has 0 aromatic heterocycles. The second kappa shape index (κ2) is 7.66. The molecule has 1 amide bonds. The molecule has 4 atom stereocenters. The summed E-state index contributed by atoms with van der Waals surface area (Å²) in [5, 5.41) is 13.9. The van der Waals surface area contributed by atoms with Gasteiger partial charge in [0.05, 0.1) is 5.41 Å². The topological polar surface area (TPSA) is 78.9 Å². The molecule has 0 unspecified atom stereocenters. The number of ether oxygens (including phenoxy) is 1. The van der Waals surface area contributed by atoms with Crippen LogP contribution in [0, 0.1) is 5.92 Å². The molecule has 4 aliphatic rings. The summed E-state index contributed by atoms with van der Waals surface area (Å²) in [6.45, 7) is 3.07. The molecular formula is C25H32N2O4. The summed E-state index contributed by atoms with van der Waals surface area (Å²) in [7, 11) is 2.13. The number of rotatable bonds is 7. The van der Waals surface area contributed by atoms with E-state index in [0.717, 1.165) is 49.8 Å². The summed E-state index contributed by atoms with van der Waals surface area (Å²) < 4.78 is 6.14. The van der Waals surface area contributed by atoms with Crippen LogP contribution in [0.4, 0.5) is 5.69 Å². The third kappa shape index (κ3) is 3.02. The fraction of sp³-hybridized carbons (Fsp3) is 0.600. The van der Waals surface area contributed by atoms with E-state index in [4.69, 9.17) is 4.74 Å². The van der Waals surface area contributed by atoms with Gasteiger partial charge in [0, 0.05) is 35.7 Å². The molecule has 2 heterocycles. The molecule has 6 heteroatoms. The van der Waals surface area contributed by atoms with E-state index in [-0.39, 0.29) is 29.4 Å². The zero-order valence-electron chi connectivity index (χ0n) is 18.4. The number of phenols is 1. The van der Waals surface area contributed by atoms with Gasteiger partial charge in [0.15, 0.2) is 23.4 Å². The molecule has 0 radical (unpaired) electrons. The molecule has 5 rings (SSSR count). The molecule has 1 spiro atoms. The maximum Gasteiger partial charge on any atom is 0.224 e. The van der Waals surface area contributed by atoms with Crippen molar-refractivity contribution in [1.82, 2.24) is 4.90 Å². The predicted octanol–water partition coefficient (Wildman–Crippen LogP) is 3.71. The van der Waals surface area contributed by atoms with Gasteiger partial charge in [-0.05, 0) is 44.5 Å². The first-order chi connectivity index (χ1) is 15.0. The van der Waals surface area contributed by atoms with Crippen molar-refractivity contribution in [3.8, 4) is 11.5 Å². The van der Waals surface area contributed by atoms with Crippen molar-refractivity contribution in [3.05, 3.63) is 29.3 Å². The number of likely N-dealkylation sites (N-methyl/N-ethyl adjacent to an activating group) is 1. The molecule has 2 bridgehead atoms. The number of hydrogen-bond acceptors (Lipinski definition) is 5. The van der Waals surface area contributed by atoms with Crippen LogP contribution < -0.4 is 10.1 Å². The first-order valence-electron chi connectivity index (χ1n) is 11.8. The van der Waals surface area contributed by atoms with Crippen LogP contribution in [-0.2, 0) is 21.4 Å². The molecule has 2 aliphatic carbocycles. The highest BCUT2D eigenvalue weighted by molar-refractivity contribution is 5.99. The highest BCUT2D eigenvalue weighted by atomic mass is 16.5. The zero-order valence-corrected chi connectivity index (χ0v) is 18.4. The van der Waals surface area contributed by atoms with E-state index in [9.17, 15) is 14.7 Å². The van der Waals surface area contributed by atoms with Crippen LogP contribution in [0.3, 0.4) is 0 Å². The van der Waals surface area contributed by atoms with Crippen molar-refractivity contribution in [2.45, 2.75) is 75.9 Å². The number of piperidine rings is 1. The van der Waals surface area contributed by atoms with Crippen molar-refractivity contribution >= 4 is 17.4 Å². The number of carbonyl (C=O) groups excluding carboxylic acids is 2. The number of ketones is 1. The third-order valence-electron chi connectivity index (χ3n) is 7.91. The molecule has 2 N–H and O–H groups in total. The van der Waals surface area contributed by atoms with Gasteiger partial charge in [-0.2, -0.15) is 0 Å². The Balaban J connectivity index is 1.49. The van der Waals surface area contributed by atoms with Gasteiger partial charge in [-0.1, -0.05) is 38.7 Å². The van der Waals surface area contributed by atoms with Gasteiger partial charge in [-0.15, -0.1) is 0 Å². The fourth-order valence-corrected chi connectivity index (χ4v) is 6.38. The van der Waals surface area contributed by atoms with Crippen molar-refractivity contribution in [3.63, 3.8) is 0 Å². The molecular weight excluding hydrogens is 392 g/mol. The first-order valence-corrected chi connectivity index (χ1v) is 11.8. The number of hydrogen-bond donors (Lipinski definition) is 2. The fourth-order valence-electron chi connectivity index (χ4n) is 6.38. The van der Waals surface area contributed by atoms with Crippen LogP contribution in [0.2, 0.25) is 0 Å². The lowest BCUT2D eigenvalue weighted by atomic mass is 9.53. The monoisotopic (exact) mass is 424 g/mol. The minimum Gasteiger partial charge on any atom is -0.504 e. The minimum atomic E-state index is -0.580. The Hall–Kier alpha value is -2.34. The largest absolute Gasteiger partial charge is 0.504 e. The average molecular weight is 425 g/mol. The Bertz CT molecular complexity index is 955. The van der Waals surface area contributed by atoms with Gasteiger partial charge < -0.3 is 20.1 Å². The van der Waals surface area contributed by atoms with Crippen LogP contribution in [0.5, 0.6) is 11.5 Å². The molecule has 1 fully saturated rings. The Morgan fingerprint density at radius 3 is 2.94 bits per heavy atom. The van der Waals surface area contributed by atoms with E-state index in [1.165, 1.54) is 12.8 Å². The summed E-state index contributed by atoms with van der Waals surface area (Å²) in [6.07, 6.45) is 10.7. The molecule has 0 saturated carbocycles. The lowest BCUT2D eigenvalue weighted by molar-refractivity contribution is -0.127. The number of unbranched alkanes of at least 4 members (excludes halogenated alkanes) is 4. The van der Waals surface area contributed by atoms with Crippen LogP contribution in [0.1, 0.15) is 63.0 Å². The molecule has 1 aromatic carbocycles. The van der Waals surface area contributed by atoms with Crippen LogP contribution in [-0.4, -0.2) is 47.4 Å². The number of likely N-dealkylation sites (tertiary alicyclic amines) is 1. The number of nitrogens with one attached hydrogen (secondary N) is 1. The predicted molar refractivity (Wildman–Crippen MR) is 119 cm³/mol. The third-order valence-corrected chi connectivity index (χ3v) is 7.91. The van der Waals surface area contributed by atoms with Crippen LogP contribution >= 0.6 is 0 Å². The smallest absolute Gasteiger partial charge is 0.224 e. The molecule has 1 aromatic rings. The average Bonchev–Trinajstić information content (AvgIpc) is 3.09. The van der Waals surface area contributed by atoms with Gasteiger partial charge in [-0.25, -0.2) is 0 Å². The zero-order chi connectivity index (χ0) is 21.8. The maximum absolute atomic E-state index is 12.8. The quantitative estimate of drug-likeness (QED) is 0.653. The van der Waals surface area contributed by atoms with Gasteiger partial charge in [-0.3, -0.25) is 9.59 Å². The van der Waals surface area contributed by atoms with Gasteiger partial charge >= 0.3 is 0 Å². The van der Waals surface area contributed by atoms with E-state index >= 15 is 0 Å². The Morgan fingerprint density at radius 2 is 2.13 bits per heavy atom. The molecule has 2 aliphatic heterocycles. The SMILES string of the molecule is CCCCCCCC(=O)Nc1cc(O)c2c3c1C[C@@H]1[C@@H]4C=CC(=O)[C@H](O2)[C@]34CCN1C. The highest BCUT2D eigenvalue weighted by Gasteiger charge is 2.64. The van der Waals surface area contributed by atoms with Crippen LogP contribution in [0.15, 0.2) is 18.2 Å². The van der Waals surface area contributed by atoms with Gasteiger partial charge in [0.1, 0.15) is 0 Å². The van der Waals surface area contributed by atoms with Gasteiger partial charge in [0.25, 0.3) is 0 Å². The van der Waals surface area contributed by atoms with Crippen molar-refractivity contribution < 1.29 is 19.4 Å². The minimum absolute atomic E-state index is 0.0136. The Kier molecular flexibility index (Phi) is 5.08. The Labute approximate surface area is 183 Å². The van der Waals surface area contributed by atoms with Crippen molar-refractivity contribution in [1.29, 1.82) is 0 Å². The maximum atomic E-state index is 12.8. The number of anilines is 1. The lowest BCUT2D eigenvalue weighted by Gasteiger charge is -2.55. The standard InChI is InChI=1S/C25H32N2O4/c1-3-4-5-6-7-8-21(30)26-17-14-20(29)23-22-15(17)13-18-16-9-10-19(28)24(31-23)25(16,22)11-12-27(18)2/h9-10,14,16,18,24,29H,3-8,11-13H2,1-2H3,(H,26,30)/t16-,18+,24-,25-/m0/s1. The van der Waals surface area contributed by atoms with E-state index < -0.39 is 11.5 Å². The molecule has 1 saturated heterocycles. The van der Waals surface area contributed by atoms with E-state index in [1.54, 1.807) is 12.1 Å². The van der Waals surface area contributed by atoms with Crippen molar-refractivity contribution in [2.75, 3.05) is 18.9 Å². The van der Waals surface area contributed by atoms with Crippen LogP contribution in [0.25, 0.3) is 0 Å². The van der Waals surface area contributed by atoms with Crippen molar-refractivity contribution in [2.24, 2.45) is 5.92 Å². The highest BCUT2D eigenvalue weighted by Crippen LogP contribution is 2.63.